The highest BCUT2D eigenvalue weighted by molar-refractivity contribution is 5.93. The predicted molar refractivity (Wildman–Crippen MR) is 79.8 cm³/mol. The van der Waals surface area contributed by atoms with E-state index in [1.165, 1.54) is 0 Å². The maximum Gasteiger partial charge on any atom is 0.238 e. The van der Waals surface area contributed by atoms with Crippen molar-refractivity contribution in [1.82, 2.24) is 4.90 Å². The van der Waals surface area contributed by atoms with E-state index in [1.54, 1.807) is 4.90 Å². The number of carbonyl (C=O) groups excluding carboxylic acids is 1. The summed E-state index contributed by atoms with van der Waals surface area (Å²) in [6.45, 7) is 4.88. The highest BCUT2D eigenvalue weighted by Crippen LogP contribution is 2.20. The number of aliphatic hydroxyl groups excluding tert-OH is 2. The molecule has 0 fully saturated rings. The summed E-state index contributed by atoms with van der Waals surface area (Å²) in [4.78, 5) is 13.8. The maximum atomic E-state index is 12.1. The van der Waals surface area contributed by atoms with Crippen LogP contribution in [0.4, 0.5) is 5.69 Å². The first kappa shape index (κ1) is 16.6. The zero-order valence-electron chi connectivity index (χ0n) is 12.2. The Morgan fingerprint density at radius 2 is 1.90 bits per heavy atom. The third-order valence-corrected chi connectivity index (χ3v) is 3.20. The van der Waals surface area contributed by atoms with Crippen molar-refractivity contribution in [1.29, 1.82) is 0 Å². The number of hydrogen-bond acceptors (Lipinski definition) is 4. The molecule has 0 aliphatic carbocycles. The van der Waals surface area contributed by atoms with Gasteiger partial charge in [0.2, 0.25) is 5.91 Å². The summed E-state index contributed by atoms with van der Waals surface area (Å²) in [6, 6.07) is 5.95. The lowest BCUT2D eigenvalue weighted by Gasteiger charge is -2.20. The number of amides is 1. The van der Waals surface area contributed by atoms with Gasteiger partial charge in [0.05, 0.1) is 19.8 Å². The highest BCUT2D eigenvalue weighted by Gasteiger charge is 2.12. The Labute approximate surface area is 120 Å². The fourth-order valence-electron chi connectivity index (χ4n) is 2.14. The Kier molecular flexibility index (Phi) is 7.22. The first-order chi connectivity index (χ1) is 9.62. The van der Waals surface area contributed by atoms with Crippen LogP contribution in [0.25, 0.3) is 0 Å². The third kappa shape index (κ3) is 4.92. The van der Waals surface area contributed by atoms with Crippen LogP contribution in [0, 0.1) is 6.92 Å². The molecule has 1 aromatic rings. The van der Waals surface area contributed by atoms with Crippen LogP contribution in [0.1, 0.15) is 18.1 Å². The summed E-state index contributed by atoms with van der Waals surface area (Å²) in [6.07, 6.45) is 0.855. The van der Waals surface area contributed by atoms with Gasteiger partial charge in [0.15, 0.2) is 0 Å². The number of aryl methyl sites for hydroxylation is 2. The molecule has 0 unspecified atom stereocenters. The van der Waals surface area contributed by atoms with Crippen molar-refractivity contribution in [3.63, 3.8) is 0 Å². The highest BCUT2D eigenvalue weighted by atomic mass is 16.3. The molecule has 0 radical (unpaired) electrons. The summed E-state index contributed by atoms with van der Waals surface area (Å²) >= 11 is 0. The van der Waals surface area contributed by atoms with Gasteiger partial charge in [0, 0.05) is 18.8 Å². The molecule has 0 atom stereocenters. The summed E-state index contributed by atoms with van der Waals surface area (Å²) in [5, 5.41) is 20.8. The number of carbonyl (C=O) groups is 1. The molecule has 0 bridgehead atoms. The number of para-hydroxylation sites is 1. The fourth-order valence-corrected chi connectivity index (χ4v) is 2.14. The summed E-state index contributed by atoms with van der Waals surface area (Å²) in [7, 11) is 0. The van der Waals surface area contributed by atoms with E-state index < -0.39 is 0 Å². The minimum Gasteiger partial charge on any atom is -0.395 e. The molecule has 5 heteroatoms. The van der Waals surface area contributed by atoms with Crippen LogP contribution >= 0.6 is 0 Å². The predicted octanol–water partition coefficient (Wildman–Crippen LogP) is 0.783. The van der Waals surface area contributed by atoms with Gasteiger partial charge in [-0.1, -0.05) is 25.1 Å². The molecule has 1 rings (SSSR count). The first-order valence-corrected chi connectivity index (χ1v) is 6.94. The van der Waals surface area contributed by atoms with Crippen LogP contribution in [0.2, 0.25) is 0 Å². The zero-order valence-corrected chi connectivity index (χ0v) is 12.2. The fraction of sp³-hybridized carbons (Fsp3) is 0.533. The number of rotatable bonds is 8. The number of hydrogen-bond donors (Lipinski definition) is 3. The lowest BCUT2D eigenvalue weighted by atomic mass is 10.1. The van der Waals surface area contributed by atoms with E-state index in [1.807, 2.05) is 32.0 Å². The van der Waals surface area contributed by atoms with Crippen molar-refractivity contribution in [2.24, 2.45) is 0 Å². The van der Waals surface area contributed by atoms with Gasteiger partial charge in [-0.2, -0.15) is 0 Å². The largest absolute Gasteiger partial charge is 0.395 e. The topological polar surface area (TPSA) is 72.8 Å². The molecule has 0 saturated heterocycles. The number of benzene rings is 1. The van der Waals surface area contributed by atoms with Gasteiger partial charge in [0.1, 0.15) is 0 Å². The quantitative estimate of drug-likeness (QED) is 0.658. The smallest absolute Gasteiger partial charge is 0.238 e. The van der Waals surface area contributed by atoms with Gasteiger partial charge in [-0.3, -0.25) is 9.69 Å². The van der Waals surface area contributed by atoms with E-state index in [0.717, 1.165) is 23.2 Å². The molecular weight excluding hydrogens is 256 g/mol. The molecular formula is C15H24N2O3. The van der Waals surface area contributed by atoms with Crippen LogP contribution in [-0.2, 0) is 11.2 Å². The third-order valence-electron chi connectivity index (χ3n) is 3.20. The van der Waals surface area contributed by atoms with Crippen molar-refractivity contribution in [2.45, 2.75) is 20.3 Å². The molecule has 112 valence electrons. The lowest BCUT2D eigenvalue weighted by molar-refractivity contribution is -0.117. The summed E-state index contributed by atoms with van der Waals surface area (Å²) in [5.74, 6) is -0.129. The summed E-state index contributed by atoms with van der Waals surface area (Å²) < 4.78 is 0. The van der Waals surface area contributed by atoms with E-state index in [2.05, 4.69) is 5.32 Å². The molecule has 0 saturated carbocycles. The van der Waals surface area contributed by atoms with Crippen LogP contribution in [0.3, 0.4) is 0 Å². The first-order valence-electron chi connectivity index (χ1n) is 6.94. The second kappa shape index (κ2) is 8.68. The molecule has 3 N–H and O–H groups in total. The minimum absolute atomic E-state index is 0.0299. The van der Waals surface area contributed by atoms with Crippen LogP contribution in [0.15, 0.2) is 18.2 Å². The maximum absolute atomic E-state index is 12.1. The Morgan fingerprint density at radius 3 is 2.45 bits per heavy atom. The van der Waals surface area contributed by atoms with Crippen molar-refractivity contribution >= 4 is 11.6 Å². The van der Waals surface area contributed by atoms with Gasteiger partial charge in [-0.25, -0.2) is 0 Å². The normalized spacial score (nSPS) is 10.8. The molecule has 0 spiro atoms. The van der Waals surface area contributed by atoms with Crippen LogP contribution in [0.5, 0.6) is 0 Å². The van der Waals surface area contributed by atoms with Gasteiger partial charge < -0.3 is 15.5 Å². The van der Waals surface area contributed by atoms with Gasteiger partial charge >= 0.3 is 0 Å². The monoisotopic (exact) mass is 280 g/mol. The standard InChI is InChI=1S/C15H24N2O3/c1-3-13-6-4-5-12(2)15(13)16-14(20)11-17(7-9-18)8-10-19/h4-6,18-19H,3,7-11H2,1-2H3,(H,16,20). The number of aliphatic hydroxyl groups is 2. The van der Waals surface area contributed by atoms with Crippen LogP contribution < -0.4 is 5.32 Å². The van der Waals surface area contributed by atoms with E-state index in [9.17, 15) is 4.79 Å². The number of anilines is 1. The Hall–Kier alpha value is -1.43. The van der Waals surface area contributed by atoms with Crippen LogP contribution in [-0.4, -0.2) is 53.9 Å². The van der Waals surface area contributed by atoms with Crippen molar-refractivity contribution in [3.8, 4) is 0 Å². The zero-order chi connectivity index (χ0) is 15.0. The summed E-state index contributed by atoms with van der Waals surface area (Å²) in [5.41, 5.74) is 3.01. The van der Waals surface area contributed by atoms with Gasteiger partial charge in [-0.05, 0) is 24.5 Å². The second-order valence-corrected chi connectivity index (χ2v) is 4.73. The Morgan fingerprint density at radius 1 is 1.25 bits per heavy atom. The SMILES string of the molecule is CCc1cccc(C)c1NC(=O)CN(CCO)CCO. The van der Waals surface area contributed by atoms with E-state index in [-0.39, 0.29) is 25.7 Å². The minimum atomic E-state index is -0.129. The van der Waals surface area contributed by atoms with Gasteiger partial charge in [-0.15, -0.1) is 0 Å². The van der Waals surface area contributed by atoms with Crippen molar-refractivity contribution < 1.29 is 15.0 Å². The molecule has 0 aliphatic heterocycles. The van der Waals surface area contributed by atoms with E-state index in [4.69, 9.17) is 10.2 Å². The van der Waals surface area contributed by atoms with E-state index >= 15 is 0 Å². The Balaban J connectivity index is 2.70. The van der Waals surface area contributed by atoms with Gasteiger partial charge in [0.25, 0.3) is 0 Å². The molecule has 5 nitrogen and oxygen atoms in total. The van der Waals surface area contributed by atoms with E-state index in [0.29, 0.717) is 13.1 Å². The number of nitrogens with zero attached hydrogens (tertiary/aromatic N) is 1. The average molecular weight is 280 g/mol. The second-order valence-electron chi connectivity index (χ2n) is 4.73. The molecule has 0 aliphatic rings. The van der Waals surface area contributed by atoms with Crippen molar-refractivity contribution in [2.75, 3.05) is 38.2 Å². The number of nitrogens with one attached hydrogen (secondary N) is 1. The molecule has 0 heterocycles. The molecule has 1 aromatic carbocycles. The molecule has 0 aromatic heterocycles. The molecule has 20 heavy (non-hydrogen) atoms. The van der Waals surface area contributed by atoms with Crippen molar-refractivity contribution in [3.05, 3.63) is 29.3 Å². The lowest BCUT2D eigenvalue weighted by Crippen LogP contribution is -2.37. The average Bonchev–Trinajstić information content (AvgIpc) is 2.41. The molecule has 1 amide bonds. The Bertz CT molecular complexity index is 429.